The maximum Gasteiger partial charge on any atom is 0.0877 e. The van der Waals surface area contributed by atoms with Crippen LogP contribution in [0.15, 0.2) is 36.5 Å². The molecule has 3 heteroatoms. The number of pyridine rings is 1. The second-order valence-electron chi connectivity index (χ2n) is 5.62. The van der Waals surface area contributed by atoms with Crippen molar-refractivity contribution in [2.45, 2.75) is 18.8 Å². The molecule has 1 aromatic carbocycles. The molecule has 1 aliphatic rings. The molecule has 1 fully saturated rings. The van der Waals surface area contributed by atoms with Gasteiger partial charge in [0.1, 0.15) is 0 Å². The number of benzene rings is 1. The topological polar surface area (TPSA) is 51.0 Å². The molecule has 21 heavy (non-hydrogen) atoms. The smallest absolute Gasteiger partial charge is 0.0877 e. The molecule has 102 valence electrons. The summed E-state index contributed by atoms with van der Waals surface area (Å²) < 4.78 is 0. The minimum Gasteiger partial charge on any atom is -0.763 e. The lowest BCUT2D eigenvalue weighted by Gasteiger charge is -1.97. The third kappa shape index (κ3) is 1.99. The molecular weight excluding hydrogens is 258 g/mol. The quantitative estimate of drug-likeness (QED) is 0.677. The highest BCUT2D eigenvalue weighted by Gasteiger charge is 2.23. The van der Waals surface area contributed by atoms with Crippen LogP contribution in [0.1, 0.15) is 24.3 Å². The van der Waals surface area contributed by atoms with Crippen molar-refractivity contribution in [3.05, 3.63) is 68.6 Å². The van der Waals surface area contributed by atoms with E-state index in [2.05, 4.69) is 40.6 Å². The average Bonchev–Trinajstić information content (AvgIpc) is 3.28. The van der Waals surface area contributed by atoms with Crippen LogP contribution in [0.25, 0.3) is 22.9 Å². The molecule has 0 unspecified atom stereocenters. The number of H-pyrrole nitrogens is 1. The van der Waals surface area contributed by atoms with Crippen LogP contribution in [0, 0.1) is 10.7 Å². The van der Waals surface area contributed by atoms with E-state index in [0.29, 0.717) is 11.1 Å². The summed E-state index contributed by atoms with van der Waals surface area (Å²) in [6.07, 6.45) is 4.27. The lowest BCUT2D eigenvalue weighted by Crippen LogP contribution is -2.04. The number of nitrogens with one attached hydrogen (secondary N) is 1. The molecule has 0 bridgehead atoms. The van der Waals surface area contributed by atoms with Gasteiger partial charge in [0.15, 0.2) is 0 Å². The van der Waals surface area contributed by atoms with Crippen molar-refractivity contribution in [2.75, 3.05) is 0 Å². The number of aromatic amines is 1. The third-order valence-electron chi connectivity index (χ3n) is 4.06. The Bertz CT molecular complexity index is 1040. The average molecular weight is 272 g/mol. The fourth-order valence-corrected chi connectivity index (χ4v) is 2.77. The van der Waals surface area contributed by atoms with Gasteiger partial charge < -0.3 is 10.4 Å². The van der Waals surface area contributed by atoms with E-state index in [-0.39, 0.29) is 0 Å². The van der Waals surface area contributed by atoms with Crippen LogP contribution in [0.4, 0.5) is 0 Å². The molecule has 1 saturated carbocycles. The molecule has 4 rings (SSSR count). The number of nitrogens with zero attached hydrogens (tertiary/aromatic N) is 2. The Labute approximate surface area is 121 Å². The Hall–Kier alpha value is -2.64. The lowest BCUT2D eigenvalue weighted by atomic mass is 10.1. The van der Waals surface area contributed by atoms with Gasteiger partial charge in [-0.3, -0.25) is 10.9 Å². The maximum absolute atomic E-state index is 9.50. The van der Waals surface area contributed by atoms with Gasteiger partial charge in [0.05, 0.1) is 10.7 Å². The van der Waals surface area contributed by atoms with Crippen molar-refractivity contribution < 1.29 is 0 Å². The van der Waals surface area contributed by atoms with E-state index < -0.39 is 0 Å². The van der Waals surface area contributed by atoms with E-state index in [9.17, 15) is 5.41 Å². The molecule has 3 aromatic rings. The second-order valence-corrected chi connectivity index (χ2v) is 5.62. The Morgan fingerprint density at radius 1 is 1.24 bits per heavy atom. The molecule has 0 atom stereocenters. The van der Waals surface area contributed by atoms with Gasteiger partial charge in [-0.1, -0.05) is 24.8 Å². The first-order valence-electron chi connectivity index (χ1n) is 7.10. The normalized spacial score (nSPS) is 16.0. The molecule has 2 aromatic heterocycles. The zero-order valence-corrected chi connectivity index (χ0v) is 11.6. The summed E-state index contributed by atoms with van der Waals surface area (Å²) in [6, 6.07) is 10.2. The minimum atomic E-state index is 0.664. The molecule has 0 radical (unpaired) electrons. The number of hydrogen-bond donors (Lipinski definition) is 1. The Kier molecular flexibility index (Phi) is 2.56. The van der Waals surface area contributed by atoms with E-state index in [1.165, 1.54) is 18.4 Å². The van der Waals surface area contributed by atoms with Crippen molar-refractivity contribution >= 4 is 23.4 Å². The van der Waals surface area contributed by atoms with E-state index >= 15 is 0 Å². The first kappa shape index (κ1) is 12.1. The van der Waals surface area contributed by atoms with E-state index in [1.54, 1.807) is 6.20 Å². The summed E-state index contributed by atoms with van der Waals surface area (Å²) in [5.74, 6) is 3.01. The van der Waals surface area contributed by atoms with Gasteiger partial charge in [-0.2, -0.15) is 0 Å². The number of aromatic nitrogens is 2. The van der Waals surface area contributed by atoms with E-state index in [1.807, 2.05) is 12.1 Å². The fraction of sp³-hybridized carbons (Fsp3) is 0.167. The van der Waals surface area contributed by atoms with Gasteiger partial charge in [0, 0.05) is 22.3 Å². The van der Waals surface area contributed by atoms with Crippen LogP contribution in [-0.4, -0.2) is 15.8 Å². The van der Waals surface area contributed by atoms with Gasteiger partial charge in [-0.15, -0.1) is 0 Å². The van der Waals surface area contributed by atoms with Crippen LogP contribution in [0.5, 0.6) is 0 Å². The maximum atomic E-state index is 9.50. The van der Waals surface area contributed by atoms with Gasteiger partial charge >= 0.3 is 0 Å². The zero-order chi connectivity index (χ0) is 14.4. The Balaban J connectivity index is 2.15. The van der Waals surface area contributed by atoms with E-state index in [0.717, 1.165) is 26.8 Å². The standard InChI is InChI=1S/C18H14N3/c1-11-2-7-16(20-10-11)18-15(9-19)14-6-5-13(12-3-4-12)8-17(14)21-18/h2,5-8,10,12,21H,1,3-4H2/q-1. The zero-order valence-electron chi connectivity index (χ0n) is 11.6. The summed E-state index contributed by atoms with van der Waals surface area (Å²) >= 11 is 0. The summed E-state index contributed by atoms with van der Waals surface area (Å²) in [6.45, 7) is 3.84. The van der Waals surface area contributed by atoms with Crippen LogP contribution in [0.3, 0.4) is 0 Å². The van der Waals surface area contributed by atoms with Gasteiger partial charge in [0.25, 0.3) is 0 Å². The summed E-state index contributed by atoms with van der Waals surface area (Å²) in [4.78, 5) is 7.75. The second kappa shape index (κ2) is 4.44. The third-order valence-corrected chi connectivity index (χ3v) is 4.06. The predicted molar refractivity (Wildman–Crippen MR) is 84.4 cm³/mol. The monoisotopic (exact) mass is 272 g/mol. The first-order chi connectivity index (χ1) is 10.3. The van der Waals surface area contributed by atoms with Crippen molar-refractivity contribution in [3.8, 4) is 0 Å². The molecule has 0 saturated heterocycles. The summed E-state index contributed by atoms with van der Waals surface area (Å²) in [5, 5.41) is 13.6. The van der Waals surface area contributed by atoms with E-state index in [4.69, 9.17) is 0 Å². The van der Waals surface area contributed by atoms with Crippen LogP contribution in [-0.2, 0) is 0 Å². The molecule has 2 heterocycles. The lowest BCUT2D eigenvalue weighted by molar-refractivity contribution is 1.13. The SMILES string of the molecule is C=c1ccc(=c2[nH]c3cc(C4CC4)ccc3c2=C=[N-])nc1. The van der Waals surface area contributed by atoms with Crippen LogP contribution >= 0.6 is 0 Å². The first-order valence-corrected chi connectivity index (χ1v) is 7.10. The van der Waals surface area contributed by atoms with Gasteiger partial charge in [-0.05, 0) is 41.7 Å². The predicted octanol–water partition coefficient (Wildman–Crippen LogP) is 2.05. The van der Waals surface area contributed by atoms with Crippen LogP contribution in [0.2, 0.25) is 0 Å². The minimum absolute atomic E-state index is 0.664. The molecule has 0 aliphatic heterocycles. The number of hydrogen-bond acceptors (Lipinski definition) is 1. The highest BCUT2D eigenvalue weighted by atomic mass is 14.7. The van der Waals surface area contributed by atoms with Crippen molar-refractivity contribution in [3.63, 3.8) is 0 Å². The summed E-state index contributed by atoms with van der Waals surface area (Å²) in [5.41, 5.74) is 2.38. The molecule has 0 amide bonds. The van der Waals surface area contributed by atoms with Gasteiger partial charge in [0.2, 0.25) is 0 Å². The number of fused-ring (bicyclic) bond motifs is 1. The van der Waals surface area contributed by atoms with Gasteiger partial charge in [-0.25, -0.2) is 0 Å². The summed E-state index contributed by atoms with van der Waals surface area (Å²) in [7, 11) is 0. The van der Waals surface area contributed by atoms with Crippen molar-refractivity contribution in [1.29, 1.82) is 0 Å². The van der Waals surface area contributed by atoms with Crippen molar-refractivity contribution in [2.24, 2.45) is 0 Å². The molecular formula is C18H14N3-. The Morgan fingerprint density at radius 3 is 2.76 bits per heavy atom. The highest BCUT2D eigenvalue weighted by Crippen LogP contribution is 2.40. The molecule has 0 spiro atoms. The molecule has 3 nitrogen and oxygen atoms in total. The highest BCUT2D eigenvalue weighted by molar-refractivity contribution is 5.85. The molecule has 1 aliphatic carbocycles. The number of rotatable bonds is 1. The van der Waals surface area contributed by atoms with Crippen molar-refractivity contribution in [1.82, 2.24) is 9.97 Å². The fourth-order valence-electron chi connectivity index (χ4n) is 2.77. The largest absolute Gasteiger partial charge is 0.763 e. The Morgan fingerprint density at radius 2 is 2.10 bits per heavy atom. The molecule has 1 N–H and O–H groups in total. The van der Waals surface area contributed by atoms with Crippen LogP contribution < -0.4 is 10.4 Å².